The van der Waals surface area contributed by atoms with Crippen molar-refractivity contribution in [3.8, 4) is 0 Å². The summed E-state index contributed by atoms with van der Waals surface area (Å²) in [5.41, 5.74) is 2.57. The van der Waals surface area contributed by atoms with Crippen LogP contribution < -0.4 is 5.32 Å². The number of hydrogen-bond acceptors (Lipinski definition) is 4. The number of fused-ring (bicyclic) bond motifs is 2. The van der Waals surface area contributed by atoms with E-state index in [-0.39, 0.29) is 18.1 Å². The van der Waals surface area contributed by atoms with Crippen molar-refractivity contribution in [2.45, 2.75) is 38.1 Å². The molecule has 7 nitrogen and oxygen atoms in total. The summed E-state index contributed by atoms with van der Waals surface area (Å²) in [6, 6.07) is 8.73. The van der Waals surface area contributed by atoms with Gasteiger partial charge in [-0.2, -0.15) is 0 Å². The van der Waals surface area contributed by atoms with Gasteiger partial charge < -0.3 is 19.6 Å². The van der Waals surface area contributed by atoms with E-state index in [1.807, 2.05) is 12.4 Å². The Bertz CT molecular complexity index is 998. The quantitative estimate of drug-likeness (QED) is 0.658. The Hall–Kier alpha value is -2.64. The van der Waals surface area contributed by atoms with Gasteiger partial charge in [-0.05, 0) is 42.4 Å². The van der Waals surface area contributed by atoms with Crippen molar-refractivity contribution in [1.82, 2.24) is 24.8 Å². The maximum absolute atomic E-state index is 12.5. The first kappa shape index (κ1) is 19.3. The molecule has 0 radical (unpaired) electrons. The Morgan fingerprint density at radius 2 is 2.13 bits per heavy atom. The third-order valence-electron chi connectivity index (χ3n) is 6.81. The van der Waals surface area contributed by atoms with Gasteiger partial charge in [0.25, 0.3) is 0 Å². The van der Waals surface area contributed by atoms with E-state index in [4.69, 9.17) is 4.74 Å². The van der Waals surface area contributed by atoms with Crippen LogP contribution in [0, 0.1) is 11.8 Å². The molecule has 158 valence electrons. The van der Waals surface area contributed by atoms with Crippen LogP contribution in [0.25, 0.3) is 10.9 Å². The number of nitrogens with zero attached hydrogens (tertiary/aromatic N) is 3. The predicted molar refractivity (Wildman–Crippen MR) is 115 cm³/mol. The number of ether oxygens (including phenoxy) is 1. The molecule has 4 atom stereocenters. The second-order valence-corrected chi connectivity index (χ2v) is 8.72. The number of benzene rings is 1. The van der Waals surface area contributed by atoms with Crippen LogP contribution in [0.5, 0.6) is 0 Å². The van der Waals surface area contributed by atoms with E-state index in [2.05, 4.69) is 44.5 Å². The third-order valence-corrected chi connectivity index (χ3v) is 6.81. The van der Waals surface area contributed by atoms with Gasteiger partial charge in [-0.1, -0.05) is 12.1 Å². The van der Waals surface area contributed by atoms with Crippen molar-refractivity contribution in [1.29, 1.82) is 0 Å². The summed E-state index contributed by atoms with van der Waals surface area (Å²) in [5.74, 6) is 1.25. The van der Waals surface area contributed by atoms with Crippen LogP contribution in [0.1, 0.15) is 18.4 Å². The van der Waals surface area contributed by atoms with Crippen molar-refractivity contribution in [2.75, 3.05) is 20.2 Å². The zero-order valence-corrected chi connectivity index (χ0v) is 17.3. The molecule has 1 saturated carbocycles. The molecule has 2 aromatic heterocycles. The minimum absolute atomic E-state index is 0.0208. The van der Waals surface area contributed by atoms with E-state index in [1.165, 1.54) is 16.5 Å². The first-order valence-electron chi connectivity index (χ1n) is 10.7. The topological polar surface area (TPSA) is 75.2 Å². The first-order valence-corrected chi connectivity index (χ1v) is 10.7. The number of imidazole rings is 1. The van der Waals surface area contributed by atoms with Crippen LogP contribution in [0.4, 0.5) is 0 Å². The van der Waals surface area contributed by atoms with Gasteiger partial charge in [0.15, 0.2) is 0 Å². The lowest BCUT2D eigenvalue weighted by molar-refractivity contribution is -0.124. The molecular formula is C23H29N5O2. The van der Waals surface area contributed by atoms with Gasteiger partial charge in [-0.25, -0.2) is 4.98 Å². The van der Waals surface area contributed by atoms with E-state index in [0.717, 1.165) is 32.5 Å². The van der Waals surface area contributed by atoms with Crippen molar-refractivity contribution in [3.05, 3.63) is 54.7 Å². The van der Waals surface area contributed by atoms with Gasteiger partial charge in [0, 0.05) is 56.2 Å². The van der Waals surface area contributed by atoms with E-state index >= 15 is 0 Å². The Kier molecular flexibility index (Phi) is 5.31. The number of aromatic nitrogens is 3. The van der Waals surface area contributed by atoms with Crippen LogP contribution in [0.3, 0.4) is 0 Å². The fourth-order valence-corrected chi connectivity index (χ4v) is 5.38. The molecule has 1 aliphatic heterocycles. The number of amides is 1. The second kappa shape index (κ2) is 8.24. The number of hydrogen-bond donors (Lipinski definition) is 2. The lowest BCUT2D eigenvalue weighted by Gasteiger charge is -2.37. The van der Waals surface area contributed by atoms with Gasteiger partial charge in [0.2, 0.25) is 5.91 Å². The Balaban J connectivity index is 1.23. The monoisotopic (exact) mass is 407 g/mol. The number of nitrogens with one attached hydrogen (secondary N) is 2. The van der Waals surface area contributed by atoms with Crippen molar-refractivity contribution in [2.24, 2.45) is 11.8 Å². The molecule has 1 saturated heterocycles. The van der Waals surface area contributed by atoms with Crippen LogP contribution in [0.2, 0.25) is 0 Å². The number of carbonyl (C=O) groups excluding carboxylic acids is 1. The molecule has 3 aromatic rings. The number of rotatable bonds is 6. The van der Waals surface area contributed by atoms with Gasteiger partial charge in [-0.3, -0.25) is 9.69 Å². The number of methoxy groups -OCH3 is 1. The highest BCUT2D eigenvalue weighted by Crippen LogP contribution is 2.38. The molecule has 3 heterocycles. The van der Waals surface area contributed by atoms with Crippen molar-refractivity contribution < 1.29 is 9.53 Å². The zero-order valence-electron chi connectivity index (χ0n) is 17.3. The maximum Gasteiger partial charge on any atom is 0.240 e. The SMILES string of the molecule is CO[C@H]1C[C@@H]2CN(Cc3cccc4[nH]ccc34)C[C@@H]2C[C@@H]1NC(=O)Cn1ccnc1. The smallest absolute Gasteiger partial charge is 0.240 e. The van der Waals surface area contributed by atoms with Crippen LogP contribution in [-0.4, -0.2) is 57.7 Å². The molecule has 1 amide bonds. The average Bonchev–Trinajstić information content (AvgIpc) is 3.47. The zero-order chi connectivity index (χ0) is 20.5. The highest BCUT2D eigenvalue weighted by Gasteiger charge is 2.42. The lowest BCUT2D eigenvalue weighted by atomic mass is 9.77. The predicted octanol–water partition coefficient (Wildman–Crippen LogP) is 2.41. The van der Waals surface area contributed by atoms with E-state index in [0.29, 0.717) is 18.4 Å². The molecule has 7 heteroatoms. The number of H-pyrrole nitrogens is 1. The lowest BCUT2D eigenvalue weighted by Crippen LogP contribution is -2.50. The summed E-state index contributed by atoms with van der Waals surface area (Å²) < 4.78 is 7.59. The summed E-state index contributed by atoms with van der Waals surface area (Å²) in [4.78, 5) is 22.4. The molecule has 1 aliphatic carbocycles. The molecule has 2 aliphatic rings. The minimum Gasteiger partial charge on any atom is -0.379 e. The van der Waals surface area contributed by atoms with Crippen LogP contribution in [0.15, 0.2) is 49.2 Å². The summed E-state index contributed by atoms with van der Waals surface area (Å²) in [6.45, 7) is 3.45. The molecule has 2 fully saturated rings. The Morgan fingerprint density at radius 3 is 2.93 bits per heavy atom. The normalized spacial score (nSPS) is 26.7. The summed E-state index contributed by atoms with van der Waals surface area (Å²) in [7, 11) is 1.76. The number of aromatic amines is 1. The first-order chi connectivity index (χ1) is 14.7. The second-order valence-electron chi connectivity index (χ2n) is 8.72. The van der Waals surface area contributed by atoms with Crippen molar-refractivity contribution >= 4 is 16.8 Å². The summed E-state index contributed by atoms with van der Waals surface area (Å²) >= 11 is 0. The van der Waals surface area contributed by atoms with E-state index < -0.39 is 0 Å². The van der Waals surface area contributed by atoms with E-state index in [1.54, 1.807) is 24.2 Å². The largest absolute Gasteiger partial charge is 0.379 e. The highest BCUT2D eigenvalue weighted by atomic mass is 16.5. The van der Waals surface area contributed by atoms with Gasteiger partial charge in [0.1, 0.15) is 6.54 Å². The van der Waals surface area contributed by atoms with E-state index in [9.17, 15) is 4.79 Å². The molecule has 0 spiro atoms. The number of likely N-dealkylation sites (tertiary alicyclic amines) is 1. The third kappa shape index (κ3) is 3.87. The molecule has 30 heavy (non-hydrogen) atoms. The van der Waals surface area contributed by atoms with Crippen LogP contribution in [-0.2, 0) is 22.6 Å². The van der Waals surface area contributed by atoms with Gasteiger partial charge >= 0.3 is 0 Å². The summed E-state index contributed by atoms with van der Waals surface area (Å²) in [5, 5.41) is 4.53. The van der Waals surface area contributed by atoms with Gasteiger partial charge in [-0.15, -0.1) is 0 Å². The molecule has 5 rings (SSSR count). The van der Waals surface area contributed by atoms with Crippen molar-refractivity contribution in [3.63, 3.8) is 0 Å². The minimum atomic E-state index is 0.0208. The van der Waals surface area contributed by atoms with Gasteiger partial charge in [0.05, 0.1) is 18.5 Å². The fraction of sp³-hybridized carbons (Fsp3) is 0.478. The maximum atomic E-state index is 12.5. The molecule has 0 unspecified atom stereocenters. The van der Waals surface area contributed by atoms with Crippen LogP contribution >= 0.6 is 0 Å². The Morgan fingerprint density at radius 1 is 1.27 bits per heavy atom. The standard InChI is InChI=1S/C23H29N5O2/c1-30-22-10-18-13-28(11-16-3-2-4-20-19(16)5-6-25-20)12-17(18)9-21(22)26-23(29)14-27-8-7-24-15-27/h2-8,15,17-18,21-22,25H,9-14H2,1H3,(H,26,29)/t17-,18+,21-,22-/m0/s1. The molecule has 0 bridgehead atoms. The Labute approximate surface area is 176 Å². The summed E-state index contributed by atoms with van der Waals surface area (Å²) in [6.07, 6.45) is 9.24. The molecule has 2 N–H and O–H groups in total. The number of carbonyl (C=O) groups is 1. The molecular weight excluding hydrogens is 378 g/mol. The average molecular weight is 408 g/mol. The molecule has 1 aromatic carbocycles. The highest BCUT2D eigenvalue weighted by molar-refractivity contribution is 5.82. The fourth-order valence-electron chi connectivity index (χ4n) is 5.38.